The number of para-hydroxylation sites is 1. The molecule has 2 atom stereocenters. The van der Waals surface area contributed by atoms with Gasteiger partial charge < -0.3 is 20.3 Å². The number of carboxylic acids is 2. The van der Waals surface area contributed by atoms with E-state index in [4.69, 9.17) is 14.9 Å². The lowest BCUT2D eigenvalue weighted by Gasteiger charge is -2.14. The Hall–Kier alpha value is -1.79. The molecule has 104 valence electrons. The molecule has 0 aromatic heterocycles. The van der Waals surface area contributed by atoms with E-state index in [9.17, 15) is 9.59 Å². The Balaban J connectivity index is 0.00000180. The van der Waals surface area contributed by atoms with Gasteiger partial charge in [0.25, 0.3) is 0 Å². The number of rotatable bonds is 4. The van der Waals surface area contributed by atoms with E-state index >= 15 is 0 Å². The second-order valence-corrected chi connectivity index (χ2v) is 4.08. The maximum atomic E-state index is 11.0. The molecule has 6 nitrogen and oxygen atoms in total. The lowest BCUT2D eigenvalue weighted by atomic mass is 10.2. The van der Waals surface area contributed by atoms with Crippen molar-refractivity contribution in [1.82, 2.24) is 5.32 Å². The van der Waals surface area contributed by atoms with Gasteiger partial charge in [0.15, 0.2) is 0 Å². The molecule has 1 heterocycles. The summed E-state index contributed by atoms with van der Waals surface area (Å²) in [5.74, 6) is -1.72. The lowest BCUT2D eigenvalue weighted by Crippen LogP contribution is -2.30. The van der Waals surface area contributed by atoms with Gasteiger partial charge in [0.2, 0.25) is 0 Å². The maximum absolute atomic E-state index is 11.0. The van der Waals surface area contributed by atoms with Crippen molar-refractivity contribution in [2.24, 2.45) is 0 Å². The summed E-state index contributed by atoms with van der Waals surface area (Å²) < 4.78 is 5.54. The number of carboxylic acid groups (broad SMARTS) is 2. The molecule has 0 aliphatic carbocycles. The van der Waals surface area contributed by atoms with Gasteiger partial charge in [-0.3, -0.25) is 4.79 Å². The van der Waals surface area contributed by atoms with Crippen molar-refractivity contribution in [2.75, 3.05) is 6.54 Å². The summed E-state index contributed by atoms with van der Waals surface area (Å²) in [6, 6.07) is 5.68. The van der Waals surface area contributed by atoms with E-state index in [-0.39, 0.29) is 29.8 Å². The minimum absolute atomic E-state index is 0. The van der Waals surface area contributed by atoms with E-state index in [1.54, 1.807) is 18.2 Å². The molecule has 0 spiro atoms. The highest BCUT2D eigenvalue weighted by Crippen LogP contribution is 2.22. The molecule has 1 aliphatic rings. The van der Waals surface area contributed by atoms with Gasteiger partial charge in [0.1, 0.15) is 23.5 Å². The van der Waals surface area contributed by atoms with E-state index in [0.717, 1.165) is 0 Å². The Bertz CT molecular complexity index is 479. The van der Waals surface area contributed by atoms with Crippen LogP contribution in [0.2, 0.25) is 0 Å². The molecular formula is C12H14ClNO5. The third-order valence-electron chi connectivity index (χ3n) is 2.80. The number of nitrogens with one attached hydrogen (secondary N) is 1. The summed E-state index contributed by atoms with van der Waals surface area (Å²) in [5, 5.41) is 20.6. The van der Waals surface area contributed by atoms with Crippen LogP contribution in [0.1, 0.15) is 16.8 Å². The number of hydrogen-bond acceptors (Lipinski definition) is 4. The first-order valence-corrected chi connectivity index (χ1v) is 5.53. The Kier molecular flexibility index (Phi) is 5.14. The second-order valence-electron chi connectivity index (χ2n) is 4.08. The van der Waals surface area contributed by atoms with Crippen LogP contribution in [0.15, 0.2) is 24.3 Å². The zero-order valence-electron chi connectivity index (χ0n) is 9.91. The van der Waals surface area contributed by atoms with Crippen LogP contribution < -0.4 is 10.1 Å². The molecule has 1 aromatic carbocycles. The number of carbonyl (C=O) groups is 2. The smallest absolute Gasteiger partial charge is 0.339 e. The largest absolute Gasteiger partial charge is 0.488 e. The van der Waals surface area contributed by atoms with Crippen LogP contribution in [0.25, 0.3) is 0 Å². The molecule has 1 fully saturated rings. The van der Waals surface area contributed by atoms with Gasteiger partial charge >= 0.3 is 11.9 Å². The predicted molar refractivity (Wildman–Crippen MR) is 69.1 cm³/mol. The first-order valence-electron chi connectivity index (χ1n) is 5.53. The number of halogens is 1. The molecule has 19 heavy (non-hydrogen) atoms. The monoisotopic (exact) mass is 287 g/mol. The third kappa shape index (κ3) is 3.59. The average molecular weight is 288 g/mol. The second kappa shape index (κ2) is 6.40. The highest BCUT2D eigenvalue weighted by molar-refractivity contribution is 5.90. The Morgan fingerprint density at radius 3 is 2.53 bits per heavy atom. The van der Waals surface area contributed by atoms with Crippen LogP contribution in [0.4, 0.5) is 0 Å². The quantitative estimate of drug-likeness (QED) is 0.764. The molecule has 2 rings (SSSR count). The van der Waals surface area contributed by atoms with E-state index in [0.29, 0.717) is 13.0 Å². The molecular weight excluding hydrogens is 274 g/mol. The molecule has 0 unspecified atom stereocenters. The minimum atomic E-state index is -1.06. The van der Waals surface area contributed by atoms with Gasteiger partial charge in [0.05, 0.1) is 0 Å². The lowest BCUT2D eigenvalue weighted by molar-refractivity contribution is -0.139. The molecule has 3 N–H and O–H groups in total. The predicted octanol–water partition coefficient (Wildman–Crippen LogP) is 1.00. The van der Waals surface area contributed by atoms with Crippen molar-refractivity contribution in [3.8, 4) is 5.75 Å². The topological polar surface area (TPSA) is 95.9 Å². The summed E-state index contributed by atoms with van der Waals surface area (Å²) in [5.41, 5.74) is 0.0799. The van der Waals surface area contributed by atoms with Crippen molar-refractivity contribution in [3.05, 3.63) is 29.8 Å². The van der Waals surface area contributed by atoms with Crippen molar-refractivity contribution >= 4 is 24.3 Å². The van der Waals surface area contributed by atoms with E-state index in [1.165, 1.54) is 6.07 Å². The zero-order chi connectivity index (χ0) is 13.1. The highest BCUT2D eigenvalue weighted by Gasteiger charge is 2.31. The summed E-state index contributed by atoms with van der Waals surface area (Å²) in [4.78, 5) is 21.7. The van der Waals surface area contributed by atoms with Crippen LogP contribution in [-0.4, -0.2) is 40.8 Å². The summed E-state index contributed by atoms with van der Waals surface area (Å²) in [6.45, 7) is 0.394. The van der Waals surface area contributed by atoms with Crippen molar-refractivity contribution in [2.45, 2.75) is 18.6 Å². The zero-order valence-corrected chi connectivity index (χ0v) is 10.7. The number of benzene rings is 1. The molecule has 7 heteroatoms. The summed E-state index contributed by atoms with van der Waals surface area (Å²) in [7, 11) is 0. The van der Waals surface area contributed by atoms with Gasteiger partial charge in [0, 0.05) is 13.0 Å². The molecule has 1 saturated heterocycles. The standard InChI is InChI=1S/C12H13NO5.ClH/c14-11(15)8-3-1-2-4-10(8)18-7-5-9(12(16)17)13-6-7;/h1-4,7,9,13H,5-6H2,(H,14,15)(H,16,17);1H/t7-,9+;/m1./s1. The first kappa shape index (κ1) is 15.3. The number of ether oxygens (including phenoxy) is 1. The fourth-order valence-corrected chi connectivity index (χ4v) is 1.91. The van der Waals surface area contributed by atoms with Gasteiger partial charge in [-0.25, -0.2) is 4.79 Å². The molecule has 0 radical (unpaired) electrons. The SMILES string of the molecule is Cl.O=C(O)c1ccccc1O[C@H]1CN[C@H](C(=O)O)C1. The van der Waals surface area contributed by atoms with Crippen molar-refractivity contribution < 1.29 is 24.5 Å². The van der Waals surface area contributed by atoms with Crippen LogP contribution in [0.5, 0.6) is 5.75 Å². The first-order chi connectivity index (χ1) is 8.58. The average Bonchev–Trinajstić information content (AvgIpc) is 2.78. The number of hydrogen-bond donors (Lipinski definition) is 3. The fraction of sp³-hybridized carbons (Fsp3) is 0.333. The molecule has 1 aromatic rings. The summed E-state index contributed by atoms with van der Waals surface area (Å²) >= 11 is 0. The number of aromatic carboxylic acids is 1. The molecule has 0 saturated carbocycles. The van der Waals surface area contributed by atoms with Crippen LogP contribution in [0.3, 0.4) is 0 Å². The van der Waals surface area contributed by atoms with E-state index < -0.39 is 18.0 Å². The van der Waals surface area contributed by atoms with Crippen LogP contribution in [0, 0.1) is 0 Å². The molecule has 0 amide bonds. The van der Waals surface area contributed by atoms with E-state index in [1.807, 2.05) is 0 Å². The van der Waals surface area contributed by atoms with Gasteiger partial charge in [-0.1, -0.05) is 12.1 Å². The Morgan fingerprint density at radius 2 is 1.95 bits per heavy atom. The minimum Gasteiger partial charge on any atom is -0.488 e. The summed E-state index contributed by atoms with van der Waals surface area (Å²) in [6.07, 6.45) is -0.00452. The van der Waals surface area contributed by atoms with E-state index in [2.05, 4.69) is 5.32 Å². The number of aliphatic carboxylic acids is 1. The van der Waals surface area contributed by atoms with Gasteiger partial charge in [-0.2, -0.15) is 0 Å². The molecule has 0 bridgehead atoms. The van der Waals surface area contributed by atoms with Crippen LogP contribution in [-0.2, 0) is 4.79 Å². The maximum Gasteiger partial charge on any atom is 0.339 e. The van der Waals surface area contributed by atoms with Gasteiger partial charge in [-0.05, 0) is 12.1 Å². The third-order valence-corrected chi connectivity index (χ3v) is 2.80. The molecule has 1 aliphatic heterocycles. The Morgan fingerprint density at radius 1 is 1.26 bits per heavy atom. The normalized spacial score (nSPS) is 21.5. The highest BCUT2D eigenvalue weighted by atomic mass is 35.5. The Labute approximate surface area is 115 Å². The fourth-order valence-electron chi connectivity index (χ4n) is 1.91. The van der Waals surface area contributed by atoms with Crippen LogP contribution >= 0.6 is 12.4 Å². The van der Waals surface area contributed by atoms with Crippen molar-refractivity contribution in [1.29, 1.82) is 0 Å². The van der Waals surface area contributed by atoms with Crippen molar-refractivity contribution in [3.63, 3.8) is 0 Å². The van der Waals surface area contributed by atoms with Gasteiger partial charge in [-0.15, -0.1) is 12.4 Å².